The maximum absolute atomic E-state index is 12.6. The summed E-state index contributed by atoms with van der Waals surface area (Å²) in [5.41, 5.74) is 1.19. The van der Waals surface area contributed by atoms with Crippen LogP contribution < -0.4 is 19.7 Å². The first-order chi connectivity index (χ1) is 14.1. The Hall–Kier alpha value is -3.74. The zero-order valence-corrected chi connectivity index (χ0v) is 15.8. The highest BCUT2D eigenvalue weighted by atomic mass is 16.5. The van der Waals surface area contributed by atoms with E-state index in [1.807, 2.05) is 30.3 Å². The second kappa shape index (κ2) is 8.10. The number of carbonyl (C=O) groups is 2. The Morgan fingerprint density at radius 2 is 1.97 bits per heavy atom. The van der Waals surface area contributed by atoms with Crippen LogP contribution in [0, 0.1) is 0 Å². The Morgan fingerprint density at radius 3 is 2.72 bits per heavy atom. The van der Waals surface area contributed by atoms with Crippen LogP contribution in [0.15, 0.2) is 71.3 Å². The van der Waals surface area contributed by atoms with Crippen molar-refractivity contribution < 1.29 is 23.5 Å². The molecule has 1 atom stereocenters. The van der Waals surface area contributed by atoms with Gasteiger partial charge in [-0.1, -0.05) is 18.2 Å². The van der Waals surface area contributed by atoms with Crippen molar-refractivity contribution in [2.75, 3.05) is 23.4 Å². The largest absolute Gasteiger partial charge is 0.492 e. The molecule has 7 nitrogen and oxygen atoms in total. The van der Waals surface area contributed by atoms with Gasteiger partial charge in [0.05, 0.1) is 18.5 Å². The predicted molar refractivity (Wildman–Crippen MR) is 107 cm³/mol. The number of carbonyl (C=O) groups excluding carboxylic acids is 2. The summed E-state index contributed by atoms with van der Waals surface area (Å²) in [6.45, 7) is 2.43. The number of benzene rings is 2. The van der Waals surface area contributed by atoms with E-state index >= 15 is 0 Å². The Bertz CT molecular complexity index is 1000. The van der Waals surface area contributed by atoms with Gasteiger partial charge in [0.1, 0.15) is 18.1 Å². The summed E-state index contributed by atoms with van der Waals surface area (Å²) in [5.74, 6) is 0.989. The number of para-hydroxylation sites is 1. The van der Waals surface area contributed by atoms with Gasteiger partial charge in [-0.15, -0.1) is 0 Å². The third-order valence-corrected chi connectivity index (χ3v) is 4.50. The molecule has 29 heavy (non-hydrogen) atoms. The molecule has 7 heteroatoms. The van der Waals surface area contributed by atoms with Crippen molar-refractivity contribution in [3.8, 4) is 11.5 Å². The standard InChI is InChI=1S/C22H20N2O5/c1-15-22(26)24(11-13-27-17-6-3-2-4-7-17)18-10-9-16(14-20(18)29-15)23-21(25)19-8-5-12-28-19/h2-10,12,14-15H,11,13H2,1H3,(H,23,25). The number of amides is 2. The summed E-state index contributed by atoms with van der Waals surface area (Å²) in [6, 6.07) is 17.8. The zero-order chi connectivity index (χ0) is 20.2. The third kappa shape index (κ3) is 4.08. The van der Waals surface area contributed by atoms with Gasteiger partial charge in [-0.2, -0.15) is 0 Å². The van der Waals surface area contributed by atoms with Gasteiger partial charge in [0.15, 0.2) is 11.9 Å². The molecule has 1 unspecified atom stereocenters. The van der Waals surface area contributed by atoms with Gasteiger partial charge in [-0.3, -0.25) is 9.59 Å². The monoisotopic (exact) mass is 392 g/mol. The Labute approximate surface area is 167 Å². The quantitative estimate of drug-likeness (QED) is 0.691. The van der Waals surface area contributed by atoms with Crippen LogP contribution in [0.1, 0.15) is 17.5 Å². The van der Waals surface area contributed by atoms with Crippen LogP contribution in [0.2, 0.25) is 0 Å². The van der Waals surface area contributed by atoms with E-state index in [4.69, 9.17) is 13.9 Å². The Balaban J connectivity index is 1.48. The van der Waals surface area contributed by atoms with E-state index < -0.39 is 6.10 Å². The summed E-state index contributed by atoms with van der Waals surface area (Å²) < 4.78 is 16.6. The maximum atomic E-state index is 12.6. The normalized spacial score (nSPS) is 15.4. The van der Waals surface area contributed by atoms with Crippen molar-refractivity contribution in [1.29, 1.82) is 0 Å². The summed E-state index contributed by atoms with van der Waals surface area (Å²) in [7, 11) is 0. The van der Waals surface area contributed by atoms with Crippen molar-refractivity contribution in [1.82, 2.24) is 0 Å². The highest BCUT2D eigenvalue weighted by Crippen LogP contribution is 2.36. The van der Waals surface area contributed by atoms with Gasteiger partial charge in [0, 0.05) is 11.8 Å². The summed E-state index contributed by atoms with van der Waals surface area (Å²) in [6.07, 6.45) is 0.809. The van der Waals surface area contributed by atoms with Gasteiger partial charge in [-0.05, 0) is 43.3 Å². The second-order valence-electron chi connectivity index (χ2n) is 6.53. The molecular weight excluding hydrogens is 372 g/mol. The van der Waals surface area contributed by atoms with Crippen molar-refractivity contribution in [3.05, 3.63) is 72.7 Å². The minimum atomic E-state index is -0.629. The molecule has 0 fully saturated rings. The van der Waals surface area contributed by atoms with Crippen LogP contribution in [-0.4, -0.2) is 31.1 Å². The highest BCUT2D eigenvalue weighted by molar-refractivity contribution is 6.03. The van der Waals surface area contributed by atoms with Crippen LogP contribution in [-0.2, 0) is 4.79 Å². The first-order valence-corrected chi connectivity index (χ1v) is 9.26. The SMILES string of the molecule is CC1Oc2cc(NC(=O)c3ccco3)ccc2N(CCOc2ccccc2)C1=O. The number of fused-ring (bicyclic) bond motifs is 1. The number of nitrogens with zero attached hydrogens (tertiary/aromatic N) is 1. The molecule has 0 spiro atoms. The Morgan fingerprint density at radius 1 is 1.14 bits per heavy atom. The smallest absolute Gasteiger partial charge is 0.291 e. The average molecular weight is 392 g/mol. The lowest BCUT2D eigenvalue weighted by atomic mass is 10.1. The van der Waals surface area contributed by atoms with Gasteiger partial charge in [-0.25, -0.2) is 0 Å². The van der Waals surface area contributed by atoms with Crippen LogP contribution in [0.25, 0.3) is 0 Å². The Kier molecular flexibility index (Phi) is 5.20. The van der Waals surface area contributed by atoms with Gasteiger partial charge >= 0.3 is 0 Å². The van der Waals surface area contributed by atoms with Crippen LogP contribution in [0.5, 0.6) is 11.5 Å². The van der Waals surface area contributed by atoms with Crippen molar-refractivity contribution >= 4 is 23.2 Å². The number of anilines is 2. The molecule has 2 heterocycles. The van der Waals surface area contributed by atoms with Crippen LogP contribution >= 0.6 is 0 Å². The topological polar surface area (TPSA) is 81.0 Å². The first kappa shape index (κ1) is 18.6. The van der Waals surface area contributed by atoms with E-state index in [1.165, 1.54) is 6.26 Å². The molecule has 0 saturated heterocycles. The molecule has 148 valence electrons. The fraction of sp³-hybridized carbons (Fsp3) is 0.182. The number of ether oxygens (including phenoxy) is 2. The summed E-state index contributed by atoms with van der Waals surface area (Å²) in [4.78, 5) is 26.4. The number of nitrogens with one attached hydrogen (secondary N) is 1. The van der Waals surface area contributed by atoms with Crippen molar-refractivity contribution in [2.45, 2.75) is 13.0 Å². The highest BCUT2D eigenvalue weighted by Gasteiger charge is 2.31. The van der Waals surface area contributed by atoms with Gasteiger partial charge in [0.2, 0.25) is 0 Å². The van der Waals surface area contributed by atoms with E-state index in [1.54, 1.807) is 42.2 Å². The number of furan rings is 1. The molecular formula is C22H20N2O5. The van der Waals surface area contributed by atoms with E-state index in [0.717, 1.165) is 5.75 Å². The van der Waals surface area contributed by atoms with E-state index in [0.29, 0.717) is 30.3 Å². The lowest BCUT2D eigenvalue weighted by Gasteiger charge is -2.33. The fourth-order valence-electron chi connectivity index (χ4n) is 3.09. The van der Waals surface area contributed by atoms with E-state index in [2.05, 4.69) is 5.32 Å². The predicted octanol–water partition coefficient (Wildman–Crippen LogP) is 3.72. The molecule has 1 N–H and O–H groups in total. The first-order valence-electron chi connectivity index (χ1n) is 9.26. The molecule has 1 aliphatic heterocycles. The molecule has 1 aromatic heterocycles. The molecule has 0 bridgehead atoms. The van der Waals surface area contributed by atoms with Crippen LogP contribution in [0.3, 0.4) is 0 Å². The number of hydrogen-bond acceptors (Lipinski definition) is 5. The van der Waals surface area contributed by atoms with Crippen LogP contribution in [0.4, 0.5) is 11.4 Å². The molecule has 4 rings (SSSR count). The van der Waals surface area contributed by atoms with E-state index in [-0.39, 0.29) is 17.6 Å². The molecule has 2 amide bonds. The number of rotatable bonds is 6. The minimum Gasteiger partial charge on any atom is -0.492 e. The average Bonchev–Trinajstić information content (AvgIpc) is 3.27. The molecule has 2 aromatic carbocycles. The molecule has 1 aliphatic rings. The van der Waals surface area contributed by atoms with Crippen molar-refractivity contribution in [2.24, 2.45) is 0 Å². The summed E-state index contributed by atoms with van der Waals surface area (Å²) >= 11 is 0. The third-order valence-electron chi connectivity index (χ3n) is 4.50. The molecule has 0 aliphatic carbocycles. The molecule has 0 saturated carbocycles. The summed E-state index contributed by atoms with van der Waals surface area (Å²) in [5, 5.41) is 2.76. The van der Waals surface area contributed by atoms with Gasteiger partial charge < -0.3 is 24.1 Å². The van der Waals surface area contributed by atoms with E-state index in [9.17, 15) is 9.59 Å². The zero-order valence-electron chi connectivity index (χ0n) is 15.8. The lowest BCUT2D eigenvalue weighted by molar-refractivity contribution is -0.125. The van der Waals surface area contributed by atoms with Crippen molar-refractivity contribution in [3.63, 3.8) is 0 Å². The maximum Gasteiger partial charge on any atom is 0.291 e. The molecule has 3 aromatic rings. The molecule has 0 radical (unpaired) electrons. The van der Waals surface area contributed by atoms with Gasteiger partial charge in [0.25, 0.3) is 11.8 Å². The second-order valence-corrected chi connectivity index (χ2v) is 6.53. The fourth-order valence-corrected chi connectivity index (χ4v) is 3.09. The minimum absolute atomic E-state index is 0.137. The number of hydrogen-bond donors (Lipinski definition) is 1. The lowest BCUT2D eigenvalue weighted by Crippen LogP contribution is -2.46.